The lowest BCUT2D eigenvalue weighted by molar-refractivity contribution is 0.306. The van der Waals surface area contributed by atoms with Gasteiger partial charge in [0.05, 0.1) is 5.66 Å². The zero-order chi connectivity index (χ0) is 11.1. The highest BCUT2D eigenvalue weighted by Crippen LogP contribution is 2.20. The minimum absolute atomic E-state index is 0.321. The highest BCUT2D eigenvalue weighted by atomic mass is 14.9. The van der Waals surface area contributed by atoms with Crippen molar-refractivity contribution in [2.75, 3.05) is 0 Å². The van der Waals surface area contributed by atoms with Crippen molar-refractivity contribution in [3.05, 3.63) is 35.9 Å². The molecule has 1 aliphatic carbocycles. The van der Waals surface area contributed by atoms with Gasteiger partial charge in [-0.25, -0.2) is 0 Å². The predicted molar refractivity (Wildman–Crippen MR) is 65.4 cm³/mol. The summed E-state index contributed by atoms with van der Waals surface area (Å²) in [5.74, 6) is 0. The van der Waals surface area contributed by atoms with Crippen LogP contribution in [-0.2, 0) is 0 Å². The first-order chi connectivity index (χ1) is 7.10. The molecule has 1 aromatic rings. The summed E-state index contributed by atoms with van der Waals surface area (Å²) < 4.78 is 0. The van der Waals surface area contributed by atoms with E-state index in [-0.39, 0.29) is 5.66 Å². The van der Waals surface area contributed by atoms with Gasteiger partial charge in [-0.2, -0.15) is 0 Å². The fraction of sp³-hybridized carbons (Fsp3) is 0.538. The van der Waals surface area contributed by atoms with Crippen LogP contribution in [0.1, 0.15) is 37.7 Å². The first-order valence-corrected chi connectivity index (χ1v) is 5.70. The molecule has 0 saturated heterocycles. The molecule has 0 aromatic heterocycles. The van der Waals surface area contributed by atoms with Crippen LogP contribution in [0.2, 0.25) is 0 Å². The first kappa shape index (κ1) is 12.2. The molecule has 1 fully saturated rings. The van der Waals surface area contributed by atoms with E-state index in [0.717, 1.165) is 12.8 Å². The number of nitrogens with two attached hydrogens (primary N) is 2. The first-order valence-electron chi connectivity index (χ1n) is 5.70. The van der Waals surface area contributed by atoms with Gasteiger partial charge in [0.2, 0.25) is 0 Å². The van der Waals surface area contributed by atoms with E-state index in [4.69, 9.17) is 11.5 Å². The number of hydrogen-bond acceptors (Lipinski definition) is 2. The highest BCUT2D eigenvalue weighted by Gasteiger charge is 2.21. The molecule has 2 nitrogen and oxygen atoms in total. The molecule has 84 valence electrons. The second kappa shape index (κ2) is 5.89. The van der Waals surface area contributed by atoms with Crippen molar-refractivity contribution in [2.45, 2.75) is 44.7 Å². The van der Waals surface area contributed by atoms with E-state index >= 15 is 0 Å². The quantitative estimate of drug-likeness (QED) is 0.641. The minimum atomic E-state index is -0.321. The van der Waals surface area contributed by atoms with Crippen LogP contribution in [0.3, 0.4) is 0 Å². The minimum Gasteiger partial charge on any atom is -0.313 e. The summed E-state index contributed by atoms with van der Waals surface area (Å²) in [5.41, 5.74) is 12.3. The van der Waals surface area contributed by atoms with Gasteiger partial charge >= 0.3 is 0 Å². The second-order valence-corrected chi connectivity index (χ2v) is 4.45. The lowest BCUT2D eigenvalue weighted by atomic mass is 9.91. The average molecular weight is 206 g/mol. The zero-order valence-corrected chi connectivity index (χ0v) is 9.58. The smallest absolute Gasteiger partial charge is 0.0636 e. The Morgan fingerprint density at radius 3 is 1.73 bits per heavy atom. The third kappa shape index (κ3) is 5.55. The Morgan fingerprint density at radius 1 is 0.933 bits per heavy atom. The maximum absolute atomic E-state index is 5.66. The standard InChI is InChI=1S/C7H8.C6H14N2/c1-7-5-3-2-4-6-7;7-6(8)4-2-1-3-5-6/h2-6H,1H3;1-5,7-8H2. The molecule has 0 radical (unpaired) electrons. The van der Waals surface area contributed by atoms with Crippen LogP contribution in [0.5, 0.6) is 0 Å². The molecule has 15 heavy (non-hydrogen) atoms. The summed E-state index contributed by atoms with van der Waals surface area (Å²) in [6.07, 6.45) is 5.76. The predicted octanol–water partition coefficient (Wildman–Crippen LogP) is 2.56. The van der Waals surface area contributed by atoms with Crippen LogP contribution >= 0.6 is 0 Å². The van der Waals surface area contributed by atoms with Crippen molar-refractivity contribution in [1.82, 2.24) is 0 Å². The molecule has 0 bridgehead atoms. The number of rotatable bonds is 0. The number of hydrogen-bond donors (Lipinski definition) is 2. The van der Waals surface area contributed by atoms with E-state index < -0.39 is 0 Å². The van der Waals surface area contributed by atoms with Gasteiger partial charge in [0.15, 0.2) is 0 Å². The van der Waals surface area contributed by atoms with Gasteiger partial charge in [0.25, 0.3) is 0 Å². The maximum atomic E-state index is 5.66. The van der Waals surface area contributed by atoms with Crippen molar-refractivity contribution < 1.29 is 0 Å². The average Bonchev–Trinajstić information content (AvgIpc) is 2.19. The summed E-state index contributed by atoms with van der Waals surface area (Å²) in [4.78, 5) is 0. The van der Waals surface area contributed by atoms with Gasteiger partial charge in [-0.15, -0.1) is 0 Å². The molecule has 0 spiro atoms. The molecule has 2 rings (SSSR count). The van der Waals surface area contributed by atoms with Gasteiger partial charge in [0.1, 0.15) is 0 Å². The summed E-state index contributed by atoms with van der Waals surface area (Å²) in [5, 5.41) is 0. The van der Waals surface area contributed by atoms with E-state index in [0.29, 0.717) is 0 Å². The molecule has 4 N–H and O–H groups in total. The monoisotopic (exact) mass is 206 g/mol. The van der Waals surface area contributed by atoms with Crippen LogP contribution in [0.4, 0.5) is 0 Å². The van der Waals surface area contributed by atoms with Crippen molar-refractivity contribution >= 4 is 0 Å². The van der Waals surface area contributed by atoms with Gasteiger partial charge in [-0.3, -0.25) is 0 Å². The van der Waals surface area contributed by atoms with Crippen molar-refractivity contribution in [1.29, 1.82) is 0 Å². The summed E-state index contributed by atoms with van der Waals surface area (Å²) in [6.45, 7) is 2.08. The largest absolute Gasteiger partial charge is 0.313 e. The van der Waals surface area contributed by atoms with Crippen molar-refractivity contribution in [3.8, 4) is 0 Å². The van der Waals surface area contributed by atoms with Crippen molar-refractivity contribution in [3.63, 3.8) is 0 Å². The van der Waals surface area contributed by atoms with Gasteiger partial charge in [0, 0.05) is 0 Å². The van der Waals surface area contributed by atoms with Gasteiger partial charge in [-0.1, -0.05) is 55.2 Å². The number of benzene rings is 1. The second-order valence-electron chi connectivity index (χ2n) is 4.45. The Balaban J connectivity index is 0.000000151. The maximum Gasteiger partial charge on any atom is 0.0636 e. The van der Waals surface area contributed by atoms with Crippen LogP contribution < -0.4 is 11.5 Å². The van der Waals surface area contributed by atoms with E-state index in [1.807, 2.05) is 18.2 Å². The third-order valence-electron chi connectivity index (χ3n) is 2.72. The lowest BCUT2D eigenvalue weighted by Crippen LogP contribution is -2.50. The number of aryl methyl sites for hydroxylation is 1. The fourth-order valence-electron chi connectivity index (χ4n) is 1.74. The molecule has 0 heterocycles. The molecule has 0 aliphatic heterocycles. The summed E-state index contributed by atoms with van der Waals surface area (Å²) in [6, 6.07) is 10.3. The Morgan fingerprint density at radius 2 is 1.47 bits per heavy atom. The Hall–Kier alpha value is -0.860. The van der Waals surface area contributed by atoms with Crippen LogP contribution in [0.15, 0.2) is 30.3 Å². The van der Waals surface area contributed by atoms with Crippen molar-refractivity contribution in [2.24, 2.45) is 11.5 Å². The Kier molecular flexibility index (Phi) is 4.79. The summed E-state index contributed by atoms with van der Waals surface area (Å²) in [7, 11) is 0. The molecule has 1 aromatic carbocycles. The SMILES string of the molecule is Cc1ccccc1.NC1(N)CCCCC1. The van der Waals surface area contributed by atoms with E-state index in [1.165, 1.54) is 24.8 Å². The van der Waals surface area contributed by atoms with Crippen LogP contribution in [0, 0.1) is 6.92 Å². The molecule has 2 heteroatoms. The summed E-state index contributed by atoms with van der Waals surface area (Å²) >= 11 is 0. The van der Waals surface area contributed by atoms with Gasteiger partial charge < -0.3 is 11.5 Å². The molecule has 1 aliphatic rings. The van der Waals surface area contributed by atoms with E-state index in [2.05, 4.69) is 19.1 Å². The highest BCUT2D eigenvalue weighted by molar-refractivity contribution is 5.11. The molecule has 0 unspecified atom stereocenters. The molecular formula is C13H22N2. The molecule has 0 atom stereocenters. The van der Waals surface area contributed by atoms with Crippen LogP contribution in [-0.4, -0.2) is 5.66 Å². The Bertz CT molecular complexity index is 259. The van der Waals surface area contributed by atoms with E-state index in [9.17, 15) is 0 Å². The Labute approximate surface area is 92.7 Å². The normalized spacial score (nSPS) is 18.9. The molecular weight excluding hydrogens is 184 g/mol. The van der Waals surface area contributed by atoms with Gasteiger partial charge in [-0.05, 0) is 19.8 Å². The fourth-order valence-corrected chi connectivity index (χ4v) is 1.74. The van der Waals surface area contributed by atoms with Crippen LogP contribution in [0.25, 0.3) is 0 Å². The topological polar surface area (TPSA) is 52.0 Å². The third-order valence-corrected chi connectivity index (χ3v) is 2.72. The van der Waals surface area contributed by atoms with E-state index in [1.54, 1.807) is 0 Å². The lowest BCUT2D eigenvalue weighted by Gasteiger charge is -2.28. The molecule has 0 amide bonds. The molecule has 1 saturated carbocycles. The zero-order valence-electron chi connectivity index (χ0n) is 9.58.